The van der Waals surface area contributed by atoms with Crippen molar-refractivity contribution in [3.8, 4) is 5.75 Å². The van der Waals surface area contributed by atoms with Gasteiger partial charge in [-0.3, -0.25) is 0 Å². The minimum Gasteiger partial charge on any atom is -0.494 e. The smallest absolute Gasteiger partial charge is 0.138 e. The highest BCUT2D eigenvalue weighted by Gasteiger charge is 2.05. The van der Waals surface area contributed by atoms with E-state index in [4.69, 9.17) is 16.3 Å². The first kappa shape index (κ1) is 17.3. The summed E-state index contributed by atoms with van der Waals surface area (Å²) >= 11 is 5.84. The van der Waals surface area contributed by atoms with Gasteiger partial charge in [0.2, 0.25) is 0 Å². The van der Waals surface area contributed by atoms with Crippen LogP contribution in [-0.2, 0) is 6.54 Å². The number of nitrogens with zero attached hydrogens (tertiary/aromatic N) is 4. The van der Waals surface area contributed by atoms with Gasteiger partial charge in [-0.15, -0.1) is 0 Å². The zero-order valence-corrected chi connectivity index (χ0v) is 15.3. The molecule has 4 rings (SSSR count). The summed E-state index contributed by atoms with van der Waals surface area (Å²) in [5.41, 5.74) is 0.833. The lowest BCUT2D eigenvalue weighted by Crippen LogP contribution is -2.03. The van der Waals surface area contributed by atoms with E-state index in [-0.39, 0.29) is 0 Å². The van der Waals surface area contributed by atoms with E-state index in [2.05, 4.69) is 20.3 Å². The quantitative estimate of drug-likeness (QED) is 0.372. The maximum absolute atomic E-state index is 5.88. The lowest BCUT2D eigenvalue weighted by Gasteiger charge is -2.11. The molecule has 27 heavy (non-hydrogen) atoms. The van der Waals surface area contributed by atoms with Crippen LogP contribution in [0.15, 0.2) is 67.5 Å². The topological polar surface area (TPSA) is 64.9 Å². The highest BCUT2D eigenvalue weighted by atomic mass is 35.5. The van der Waals surface area contributed by atoms with E-state index in [9.17, 15) is 0 Å². The van der Waals surface area contributed by atoms with Crippen LogP contribution in [0.2, 0.25) is 5.15 Å². The number of ether oxygens (including phenoxy) is 1. The van der Waals surface area contributed by atoms with E-state index >= 15 is 0 Å². The molecule has 0 amide bonds. The molecular formula is C20H18ClN5O. The molecule has 1 N–H and O–H groups in total. The van der Waals surface area contributed by atoms with E-state index < -0.39 is 0 Å². The fourth-order valence-corrected chi connectivity index (χ4v) is 2.90. The zero-order chi connectivity index (χ0) is 18.5. The number of imidazole rings is 1. The summed E-state index contributed by atoms with van der Waals surface area (Å²) in [4.78, 5) is 12.6. The van der Waals surface area contributed by atoms with Crippen LogP contribution in [0.5, 0.6) is 5.75 Å². The number of aromatic nitrogens is 4. The van der Waals surface area contributed by atoms with Crippen LogP contribution in [0.3, 0.4) is 0 Å². The van der Waals surface area contributed by atoms with Crippen LogP contribution >= 0.6 is 11.6 Å². The molecule has 1 aromatic carbocycles. The van der Waals surface area contributed by atoms with Crippen molar-refractivity contribution in [1.82, 2.24) is 19.5 Å². The standard InChI is InChI=1S/C20H18ClN5O/c21-19-5-2-16(13-24-19)25-20-18-4-3-17(12-15(18)6-7-23-20)27-11-1-9-26-10-8-22-14-26/h2-8,10,12-14H,1,9,11H2,(H,23,25). The molecule has 0 spiro atoms. The van der Waals surface area contributed by atoms with E-state index in [0.717, 1.165) is 41.0 Å². The Morgan fingerprint density at radius 1 is 1.07 bits per heavy atom. The van der Waals surface area contributed by atoms with Gasteiger partial charge in [0.05, 0.1) is 24.8 Å². The monoisotopic (exact) mass is 379 g/mol. The van der Waals surface area contributed by atoms with E-state index in [1.165, 1.54) is 0 Å². The van der Waals surface area contributed by atoms with Crippen LogP contribution in [0.4, 0.5) is 11.5 Å². The molecule has 0 bridgehead atoms. The Bertz CT molecular complexity index is 1020. The van der Waals surface area contributed by atoms with Crippen LogP contribution < -0.4 is 10.1 Å². The van der Waals surface area contributed by atoms with Crippen molar-refractivity contribution >= 4 is 33.9 Å². The molecule has 0 aliphatic carbocycles. The van der Waals surface area contributed by atoms with Crippen molar-refractivity contribution in [3.63, 3.8) is 0 Å². The Balaban J connectivity index is 1.44. The predicted molar refractivity (Wildman–Crippen MR) is 107 cm³/mol. The number of rotatable bonds is 7. The number of hydrogen-bond acceptors (Lipinski definition) is 5. The number of nitrogens with one attached hydrogen (secondary N) is 1. The molecule has 0 unspecified atom stereocenters. The molecule has 0 radical (unpaired) electrons. The van der Waals surface area contributed by atoms with Crippen LogP contribution in [0, 0.1) is 0 Å². The van der Waals surface area contributed by atoms with Gasteiger partial charge in [-0.1, -0.05) is 11.6 Å². The molecule has 4 aromatic rings. The van der Waals surface area contributed by atoms with Gasteiger partial charge in [-0.2, -0.15) is 0 Å². The Morgan fingerprint density at radius 3 is 2.85 bits per heavy atom. The van der Waals surface area contributed by atoms with Gasteiger partial charge in [0.1, 0.15) is 16.7 Å². The Labute approximate surface area is 161 Å². The molecule has 136 valence electrons. The molecule has 0 saturated heterocycles. The minimum atomic E-state index is 0.459. The Kier molecular flexibility index (Phi) is 5.16. The van der Waals surface area contributed by atoms with Gasteiger partial charge in [-0.05, 0) is 48.2 Å². The first-order chi connectivity index (χ1) is 13.3. The van der Waals surface area contributed by atoms with Gasteiger partial charge in [0.25, 0.3) is 0 Å². The molecule has 0 atom stereocenters. The third-order valence-electron chi connectivity index (χ3n) is 4.11. The minimum absolute atomic E-state index is 0.459. The Morgan fingerprint density at radius 2 is 2.04 bits per heavy atom. The number of aryl methyl sites for hydroxylation is 1. The van der Waals surface area contributed by atoms with Gasteiger partial charge >= 0.3 is 0 Å². The molecule has 0 saturated carbocycles. The van der Waals surface area contributed by atoms with E-state index in [0.29, 0.717) is 11.8 Å². The van der Waals surface area contributed by atoms with Gasteiger partial charge < -0.3 is 14.6 Å². The second-order valence-corrected chi connectivity index (χ2v) is 6.43. The Hall–Kier alpha value is -3.12. The lowest BCUT2D eigenvalue weighted by molar-refractivity contribution is 0.302. The number of benzene rings is 1. The summed E-state index contributed by atoms with van der Waals surface area (Å²) < 4.78 is 7.93. The lowest BCUT2D eigenvalue weighted by atomic mass is 10.1. The summed E-state index contributed by atoms with van der Waals surface area (Å²) in [6.45, 7) is 1.54. The van der Waals surface area contributed by atoms with Gasteiger partial charge in [0.15, 0.2) is 0 Å². The second kappa shape index (κ2) is 8.05. The highest BCUT2D eigenvalue weighted by molar-refractivity contribution is 6.29. The molecule has 0 aliphatic rings. The second-order valence-electron chi connectivity index (χ2n) is 6.04. The molecule has 7 heteroatoms. The van der Waals surface area contributed by atoms with Crippen molar-refractivity contribution in [2.24, 2.45) is 0 Å². The maximum atomic E-state index is 5.88. The average Bonchev–Trinajstić information content (AvgIpc) is 3.21. The zero-order valence-electron chi connectivity index (χ0n) is 14.5. The summed E-state index contributed by atoms with van der Waals surface area (Å²) in [7, 11) is 0. The highest BCUT2D eigenvalue weighted by Crippen LogP contribution is 2.27. The number of anilines is 2. The van der Waals surface area contributed by atoms with Crippen molar-refractivity contribution in [2.45, 2.75) is 13.0 Å². The number of pyridine rings is 2. The fraction of sp³-hybridized carbons (Fsp3) is 0.150. The third kappa shape index (κ3) is 4.35. The largest absolute Gasteiger partial charge is 0.494 e. The number of fused-ring (bicyclic) bond motifs is 1. The van der Waals surface area contributed by atoms with Crippen molar-refractivity contribution in [3.05, 3.63) is 72.7 Å². The predicted octanol–water partition coefficient (Wildman–Crippen LogP) is 4.69. The van der Waals surface area contributed by atoms with Crippen LogP contribution in [0.25, 0.3) is 10.8 Å². The number of hydrogen-bond donors (Lipinski definition) is 1. The van der Waals surface area contributed by atoms with E-state index in [1.54, 1.807) is 24.7 Å². The normalized spacial score (nSPS) is 10.9. The molecular weight excluding hydrogens is 362 g/mol. The van der Waals surface area contributed by atoms with Crippen molar-refractivity contribution in [2.75, 3.05) is 11.9 Å². The summed E-state index contributed by atoms with van der Waals surface area (Å²) in [5.74, 6) is 1.61. The third-order valence-corrected chi connectivity index (χ3v) is 4.34. The fourth-order valence-electron chi connectivity index (χ4n) is 2.79. The van der Waals surface area contributed by atoms with Gasteiger partial charge in [-0.25, -0.2) is 15.0 Å². The van der Waals surface area contributed by atoms with Crippen LogP contribution in [-0.4, -0.2) is 26.1 Å². The molecule has 6 nitrogen and oxygen atoms in total. The van der Waals surface area contributed by atoms with Crippen molar-refractivity contribution < 1.29 is 4.74 Å². The van der Waals surface area contributed by atoms with Gasteiger partial charge in [0, 0.05) is 30.5 Å². The summed E-state index contributed by atoms with van der Waals surface area (Å²) in [6.07, 6.45) is 9.92. The molecule has 3 aromatic heterocycles. The molecule has 0 aliphatic heterocycles. The van der Waals surface area contributed by atoms with E-state index in [1.807, 2.05) is 47.4 Å². The summed E-state index contributed by atoms with van der Waals surface area (Å²) in [5, 5.41) is 5.81. The first-order valence-corrected chi connectivity index (χ1v) is 9.02. The summed E-state index contributed by atoms with van der Waals surface area (Å²) in [6, 6.07) is 11.6. The first-order valence-electron chi connectivity index (χ1n) is 8.64. The maximum Gasteiger partial charge on any atom is 0.138 e. The molecule has 0 fully saturated rings. The number of halogens is 1. The van der Waals surface area contributed by atoms with Crippen LogP contribution in [0.1, 0.15) is 6.42 Å². The molecule has 3 heterocycles. The SMILES string of the molecule is Clc1ccc(Nc2nccc3cc(OCCCn4ccnc4)ccc23)cn1. The van der Waals surface area contributed by atoms with Crippen molar-refractivity contribution in [1.29, 1.82) is 0 Å². The average molecular weight is 380 g/mol.